The zero-order valence-electron chi connectivity index (χ0n) is 7.01. The van der Waals surface area contributed by atoms with E-state index in [0.717, 1.165) is 18.4 Å². The molecule has 0 amide bonds. The third-order valence-corrected chi connectivity index (χ3v) is 2.34. The number of aryl methyl sites for hydroxylation is 2. The minimum absolute atomic E-state index is 0.913. The lowest BCUT2D eigenvalue weighted by Crippen LogP contribution is -2.05. The number of hydrogen-bond donors (Lipinski definition) is 0. The SMILES string of the molecule is C#Cc1cnc2c(c1)CCCC2. The highest BCUT2D eigenvalue weighted by Gasteiger charge is 2.09. The Bertz CT molecular complexity index is 333. The number of pyridine rings is 1. The molecule has 0 aliphatic heterocycles. The third-order valence-electron chi connectivity index (χ3n) is 2.34. The lowest BCUT2D eigenvalue weighted by atomic mass is 9.95. The fourth-order valence-electron chi connectivity index (χ4n) is 1.67. The number of rotatable bonds is 0. The minimum Gasteiger partial charge on any atom is -0.260 e. The van der Waals surface area contributed by atoms with Crippen molar-refractivity contribution in [3.63, 3.8) is 0 Å². The average Bonchev–Trinajstić information content (AvgIpc) is 2.17. The van der Waals surface area contributed by atoms with Gasteiger partial charge in [-0.15, -0.1) is 6.42 Å². The van der Waals surface area contributed by atoms with Gasteiger partial charge in [-0.05, 0) is 37.3 Å². The molecule has 1 aromatic heterocycles. The van der Waals surface area contributed by atoms with E-state index in [4.69, 9.17) is 6.42 Å². The van der Waals surface area contributed by atoms with Gasteiger partial charge in [0, 0.05) is 17.5 Å². The van der Waals surface area contributed by atoms with Crippen molar-refractivity contribution in [2.45, 2.75) is 25.7 Å². The molecular formula is C11H11N. The molecular weight excluding hydrogens is 146 g/mol. The maximum atomic E-state index is 5.29. The first-order chi connectivity index (χ1) is 5.90. The molecule has 0 saturated carbocycles. The number of fused-ring (bicyclic) bond motifs is 1. The van der Waals surface area contributed by atoms with Crippen molar-refractivity contribution in [3.05, 3.63) is 29.1 Å². The molecule has 1 aliphatic carbocycles. The van der Waals surface area contributed by atoms with Crippen LogP contribution < -0.4 is 0 Å². The lowest BCUT2D eigenvalue weighted by Gasteiger charge is -2.13. The molecule has 0 aromatic carbocycles. The number of aromatic nitrogens is 1. The van der Waals surface area contributed by atoms with Crippen molar-refractivity contribution in [2.75, 3.05) is 0 Å². The van der Waals surface area contributed by atoms with Crippen LogP contribution in [0.5, 0.6) is 0 Å². The normalized spacial score (nSPS) is 14.9. The van der Waals surface area contributed by atoms with Crippen LogP contribution in [0.15, 0.2) is 12.3 Å². The van der Waals surface area contributed by atoms with E-state index in [2.05, 4.69) is 17.0 Å². The molecule has 1 heteroatoms. The summed E-state index contributed by atoms with van der Waals surface area (Å²) >= 11 is 0. The number of hydrogen-bond acceptors (Lipinski definition) is 1. The molecule has 1 aromatic rings. The van der Waals surface area contributed by atoms with E-state index >= 15 is 0 Å². The van der Waals surface area contributed by atoms with Gasteiger partial charge in [0.05, 0.1) is 0 Å². The molecule has 0 unspecified atom stereocenters. The van der Waals surface area contributed by atoms with Gasteiger partial charge in [0.15, 0.2) is 0 Å². The predicted molar refractivity (Wildman–Crippen MR) is 48.8 cm³/mol. The quantitative estimate of drug-likeness (QED) is 0.524. The van der Waals surface area contributed by atoms with Gasteiger partial charge in [0.2, 0.25) is 0 Å². The van der Waals surface area contributed by atoms with Crippen LogP contribution in [0.25, 0.3) is 0 Å². The highest BCUT2D eigenvalue weighted by atomic mass is 14.7. The van der Waals surface area contributed by atoms with Crippen molar-refractivity contribution in [1.29, 1.82) is 0 Å². The van der Waals surface area contributed by atoms with E-state index in [1.807, 2.05) is 0 Å². The smallest absolute Gasteiger partial charge is 0.0436 e. The summed E-state index contributed by atoms with van der Waals surface area (Å²) in [6, 6.07) is 2.10. The van der Waals surface area contributed by atoms with Crippen LogP contribution >= 0.6 is 0 Å². The van der Waals surface area contributed by atoms with E-state index in [1.54, 1.807) is 6.20 Å². The summed E-state index contributed by atoms with van der Waals surface area (Å²) in [5, 5.41) is 0. The highest BCUT2D eigenvalue weighted by Crippen LogP contribution is 2.19. The minimum atomic E-state index is 0.913. The van der Waals surface area contributed by atoms with Crippen molar-refractivity contribution >= 4 is 0 Å². The standard InChI is InChI=1S/C11H11N/c1-2-9-7-10-5-3-4-6-11(10)12-8-9/h1,7-8H,3-6H2. The Morgan fingerprint density at radius 3 is 3.00 bits per heavy atom. The highest BCUT2D eigenvalue weighted by molar-refractivity contribution is 5.36. The average molecular weight is 157 g/mol. The lowest BCUT2D eigenvalue weighted by molar-refractivity contribution is 0.667. The summed E-state index contributed by atoms with van der Waals surface area (Å²) in [7, 11) is 0. The molecule has 0 radical (unpaired) electrons. The van der Waals surface area contributed by atoms with Crippen LogP contribution in [0.4, 0.5) is 0 Å². The molecule has 2 rings (SSSR count). The van der Waals surface area contributed by atoms with Gasteiger partial charge in [-0.1, -0.05) is 5.92 Å². The number of terminal acetylenes is 1. The second-order valence-corrected chi connectivity index (χ2v) is 3.18. The van der Waals surface area contributed by atoms with Crippen molar-refractivity contribution in [1.82, 2.24) is 4.98 Å². The molecule has 0 bridgehead atoms. The Hall–Kier alpha value is -1.29. The van der Waals surface area contributed by atoms with Gasteiger partial charge < -0.3 is 0 Å². The maximum Gasteiger partial charge on any atom is 0.0436 e. The largest absolute Gasteiger partial charge is 0.260 e. The maximum absolute atomic E-state index is 5.29. The second kappa shape index (κ2) is 2.98. The first kappa shape index (κ1) is 7.36. The summed E-state index contributed by atoms with van der Waals surface area (Å²) in [5.74, 6) is 2.61. The van der Waals surface area contributed by atoms with Crippen molar-refractivity contribution in [2.24, 2.45) is 0 Å². The van der Waals surface area contributed by atoms with Gasteiger partial charge in [0.25, 0.3) is 0 Å². The van der Waals surface area contributed by atoms with E-state index in [1.165, 1.54) is 24.1 Å². The molecule has 0 spiro atoms. The van der Waals surface area contributed by atoms with Crippen LogP contribution in [0.3, 0.4) is 0 Å². The molecule has 0 atom stereocenters. The van der Waals surface area contributed by atoms with Gasteiger partial charge >= 0.3 is 0 Å². The van der Waals surface area contributed by atoms with Gasteiger partial charge in [-0.25, -0.2) is 0 Å². The third kappa shape index (κ3) is 1.21. The molecule has 60 valence electrons. The zero-order chi connectivity index (χ0) is 8.39. The van der Waals surface area contributed by atoms with Crippen molar-refractivity contribution < 1.29 is 0 Å². The first-order valence-electron chi connectivity index (χ1n) is 4.34. The summed E-state index contributed by atoms with van der Waals surface area (Å²) in [6.45, 7) is 0. The fourth-order valence-corrected chi connectivity index (χ4v) is 1.67. The Morgan fingerprint density at radius 2 is 2.17 bits per heavy atom. The molecule has 0 fully saturated rings. The van der Waals surface area contributed by atoms with E-state index in [-0.39, 0.29) is 0 Å². The Balaban J connectivity index is 2.44. The second-order valence-electron chi connectivity index (χ2n) is 3.18. The predicted octanol–water partition coefficient (Wildman–Crippen LogP) is 1.94. The van der Waals surface area contributed by atoms with Gasteiger partial charge in [-0.3, -0.25) is 4.98 Å². The topological polar surface area (TPSA) is 12.9 Å². The van der Waals surface area contributed by atoms with Crippen molar-refractivity contribution in [3.8, 4) is 12.3 Å². The van der Waals surface area contributed by atoms with Gasteiger partial charge in [-0.2, -0.15) is 0 Å². The monoisotopic (exact) mass is 157 g/mol. The molecule has 0 saturated heterocycles. The van der Waals surface area contributed by atoms with E-state index < -0.39 is 0 Å². The van der Waals surface area contributed by atoms with Gasteiger partial charge in [0.1, 0.15) is 0 Å². The van der Waals surface area contributed by atoms with Crippen LogP contribution in [-0.4, -0.2) is 4.98 Å². The number of nitrogens with zero attached hydrogens (tertiary/aromatic N) is 1. The summed E-state index contributed by atoms with van der Waals surface area (Å²) in [5.41, 5.74) is 3.52. The van der Waals surface area contributed by atoms with Crippen LogP contribution in [0.2, 0.25) is 0 Å². The molecule has 1 heterocycles. The van der Waals surface area contributed by atoms with E-state index in [0.29, 0.717) is 0 Å². The Morgan fingerprint density at radius 1 is 1.33 bits per heavy atom. The molecule has 0 N–H and O–H groups in total. The first-order valence-corrected chi connectivity index (χ1v) is 4.34. The summed E-state index contributed by atoms with van der Waals surface area (Å²) in [6.07, 6.45) is 11.9. The summed E-state index contributed by atoms with van der Waals surface area (Å²) < 4.78 is 0. The van der Waals surface area contributed by atoms with Crippen LogP contribution in [0, 0.1) is 12.3 Å². The Labute approximate surface area is 72.8 Å². The molecule has 1 aliphatic rings. The summed E-state index contributed by atoms with van der Waals surface area (Å²) in [4.78, 5) is 4.35. The molecule has 12 heavy (non-hydrogen) atoms. The fraction of sp³-hybridized carbons (Fsp3) is 0.364. The zero-order valence-corrected chi connectivity index (χ0v) is 7.01. The molecule has 1 nitrogen and oxygen atoms in total. The van der Waals surface area contributed by atoms with E-state index in [9.17, 15) is 0 Å². The van der Waals surface area contributed by atoms with Crippen LogP contribution in [0.1, 0.15) is 29.7 Å². The van der Waals surface area contributed by atoms with Crippen LogP contribution in [-0.2, 0) is 12.8 Å². The Kier molecular flexibility index (Phi) is 1.83.